The smallest absolute Gasteiger partial charge is 0.306 e. The van der Waals surface area contributed by atoms with Gasteiger partial charge in [0.15, 0.2) is 0 Å². The van der Waals surface area contributed by atoms with Gasteiger partial charge in [-0.05, 0) is 43.9 Å². The molecule has 1 aromatic rings. The Bertz CT molecular complexity index is 385. The molecule has 3 heteroatoms. The molecule has 0 radical (unpaired) electrons. The fourth-order valence-electron chi connectivity index (χ4n) is 1.56. The Morgan fingerprint density at radius 1 is 1.41 bits per heavy atom. The van der Waals surface area contributed by atoms with Crippen LogP contribution < -0.4 is 4.74 Å². The van der Waals surface area contributed by atoms with Crippen molar-refractivity contribution < 1.29 is 14.6 Å². The van der Waals surface area contributed by atoms with Crippen molar-refractivity contribution in [1.82, 2.24) is 0 Å². The van der Waals surface area contributed by atoms with Crippen molar-refractivity contribution in [3.05, 3.63) is 29.3 Å². The van der Waals surface area contributed by atoms with E-state index in [0.29, 0.717) is 13.0 Å². The number of aliphatic carboxylic acids is 1. The van der Waals surface area contributed by atoms with Crippen LogP contribution in [-0.4, -0.2) is 17.7 Å². The first-order valence-electron chi connectivity index (χ1n) is 5.93. The van der Waals surface area contributed by atoms with E-state index >= 15 is 0 Å². The van der Waals surface area contributed by atoms with Crippen LogP contribution in [0.3, 0.4) is 0 Å². The number of benzene rings is 1. The van der Waals surface area contributed by atoms with Crippen LogP contribution in [0.15, 0.2) is 18.2 Å². The number of carbonyl (C=O) groups is 1. The number of carboxylic acids is 1. The van der Waals surface area contributed by atoms with Gasteiger partial charge in [-0.2, -0.15) is 0 Å². The lowest BCUT2D eigenvalue weighted by Crippen LogP contribution is -2.11. The maximum absolute atomic E-state index is 10.6. The highest BCUT2D eigenvalue weighted by atomic mass is 16.5. The fraction of sp³-hybridized carbons (Fsp3) is 0.500. The summed E-state index contributed by atoms with van der Waals surface area (Å²) in [6, 6.07) is 6.09. The van der Waals surface area contributed by atoms with Crippen molar-refractivity contribution in [2.24, 2.45) is 5.92 Å². The van der Waals surface area contributed by atoms with Gasteiger partial charge in [0.25, 0.3) is 0 Å². The third kappa shape index (κ3) is 4.47. The average molecular weight is 236 g/mol. The monoisotopic (exact) mass is 236 g/mol. The van der Waals surface area contributed by atoms with Gasteiger partial charge < -0.3 is 9.84 Å². The van der Waals surface area contributed by atoms with Crippen LogP contribution >= 0.6 is 0 Å². The van der Waals surface area contributed by atoms with Gasteiger partial charge in [0, 0.05) is 0 Å². The van der Waals surface area contributed by atoms with E-state index in [1.807, 2.05) is 26.0 Å². The highest BCUT2D eigenvalue weighted by molar-refractivity contribution is 5.69. The van der Waals surface area contributed by atoms with E-state index in [2.05, 4.69) is 6.07 Å². The van der Waals surface area contributed by atoms with E-state index in [1.165, 1.54) is 5.56 Å². The van der Waals surface area contributed by atoms with Gasteiger partial charge in [-0.1, -0.05) is 19.1 Å². The molecule has 94 valence electrons. The van der Waals surface area contributed by atoms with Crippen LogP contribution in [0.2, 0.25) is 0 Å². The minimum absolute atomic E-state index is 0.294. The first kappa shape index (κ1) is 13.6. The maximum atomic E-state index is 10.6. The number of carboxylic acid groups (broad SMARTS) is 1. The molecule has 0 aliphatic heterocycles. The van der Waals surface area contributed by atoms with Crippen molar-refractivity contribution in [3.8, 4) is 5.75 Å². The molecule has 17 heavy (non-hydrogen) atoms. The highest BCUT2D eigenvalue weighted by Gasteiger charge is 2.10. The molecule has 0 saturated heterocycles. The fourth-order valence-corrected chi connectivity index (χ4v) is 1.56. The second kappa shape index (κ2) is 6.28. The number of hydrogen-bond acceptors (Lipinski definition) is 2. The molecule has 0 spiro atoms. The number of rotatable bonds is 6. The normalized spacial score (nSPS) is 12.2. The van der Waals surface area contributed by atoms with E-state index < -0.39 is 5.97 Å². The van der Waals surface area contributed by atoms with Crippen LogP contribution in [0.1, 0.15) is 30.9 Å². The Kier molecular flexibility index (Phi) is 5.01. The predicted octanol–water partition coefficient (Wildman–Crippen LogP) is 3.18. The highest BCUT2D eigenvalue weighted by Crippen LogP contribution is 2.19. The Hall–Kier alpha value is -1.51. The first-order chi connectivity index (χ1) is 8.00. The zero-order chi connectivity index (χ0) is 12.8. The molecule has 0 aliphatic carbocycles. The Balaban J connectivity index is 2.36. The Labute approximate surface area is 102 Å². The van der Waals surface area contributed by atoms with Crippen molar-refractivity contribution in [2.75, 3.05) is 6.61 Å². The molecule has 0 amide bonds. The minimum atomic E-state index is -0.739. The largest absolute Gasteiger partial charge is 0.493 e. The lowest BCUT2D eigenvalue weighted by atomic mass is 10.1. The van der Waals surface area contributed by atoms with Crippen LogP contribution in [-0.2, 0) is 4.79 Å². The molecule has 1 rings (SSSR count). The van der Waals surface area contributed by atoms with Gasteiger partial charge in [0.1, 0.15) is 5.75 Å². The van der Waals surface area contributed by atoms with Crippen LogP contribution in [0, 0.1) is 19.8 Å². The summed E-state index contributed by atoms with van der Waals surface area (Å²) in [6.07, 6.45) is 1.42. The second-order valence-corrected chi connectivity index (χ2v) is 4.50. The predicted molar refractivity (Wildman–Crippen MR) is 67.4 cm³/mol. The molecule has 0 unspecified atom stereocenters. The Morgan fingerprint density at radius 3 is 2.76 bits per heavy atom. The average Bonchev–Trinajstić information content (AvgIpc) is 2.28. The first-order valence-corrected chi connectivity index (χ1v) is 5.93. The summed E-state index contributed by atoms with van der Waals surface area (Å²) in [5.41, 5.74) is 2.28. The topological polar surface area (TPSA) is 46.5 Å². The SMILES string of the molecule is Cc1ccc(C)c(OCCC[C@@H](C)C(=O)O)c1. The maximum Gasteiger partial charge on any atom is 0.306 e. The molecule has 0 aromatic heterocycles. The third-order valence-electron chi connectivity index (χ3n) is 2.80. The van der Waals surface area contributed by atoms with E-state index in [0.717, 1.165) is 17.7 Å². The van der Waals surface area contributed by atoms with Gasteiger partial charge in [-0.25, -0.2) is 0 Å². The summed E-state index contributed by atoms with van der Waals surface area (Å²) in [7, 11) is 0. The van der Waals surface area contributed by atoms with Gasteiger partial charge in [0.05, 0.1) is 12.5 Å². The number of aryl methyl sites for hydroxylation is 2. The molecular weight excluding hydrogens is 216 g/mol. The zero-order valence-electron chi connectivity index (χ0n) is 10.7. The van der Waals surface area contributed by atoms with Gasteiger partial charge >= 0.3 is 5.97 Å². The molecule has 1 aromatic carbocycles. The van der Waals surface area contributed by atoms with Gasteiger partial charge in [-0.15, -0.1) is 0 Å². The molecule has 0 heterocycles. The van der Waals surface area contributed by atoms with Gasteiger partial charge in [0.2, 0.25) is 0 Å². The second-order valence-electron chi connectivity index (χ2n) is 4.50. The van der Waals surface area contributed by atoms with Crippen molar-refractivity contribution in [3.63, 3.8) is 0 Å². The lowest BCUT2D eigenvalue weighted by Gasteiger charge is -2.10. The van der Waals surface area contributed by atoms with E-state index in [1.54, 1.807) is 6.92 Å². The summed E-state index contributed by atoms with van der Waals surface area (Å²) < 4.78 is 5.65. The number of ether oxygens (including phenoxy) is 1. The summed E-state index contributed by atoms with van der Waals surface area (Å²) in [6.45, 7) is 6.33. The minimum Gasteiger partial charge on any atom is -0.493 e. The molecule has 0 saturated carbocycles. The quantitative estimate of drug-likeness (QED) is 0.772. The van der Waals surface area contributed by atoms with Gasteiger partial charge in [-0.3, -0.25) is 4.79 Å². The van der Waals surface area contributed by atoms with E-state index in [4.69, 9.17) is 9.84 Å². The van der Waals surface area contributed by atoms with Crippen LogP contribution in [0.25, 0.3) is 0 Å². The number of hydrogen-bond donors (Lipinski definition) is 1. The van der Waals surface area contributed by atoms with E-state index in [9.17, 15) is 4.79 Å². The summed E-state index contributed by atoms with van der Waals surface area (Å²) in [5, 5.41) is 8.74. The third-order valence-corrected chi connectivity index (χ3v) is 2.80. The summed E-state index contributed by atoms with van der Waals surface area (Å²) >= 11 is 0. The van der Waals surface area contributed by atoms with E-state index in [-0.39, 0.29) is 5.92 Å². The standard InChI is InChI=1S/C14H20O3/c1-10-6-7-11(2)13(9-10)17-8-4-5-12(3)14(15)16/h6-7,9,12H,4-5,8H2,1-3H3,(H,15,16)/t12-/m1/s1. The van der Waals surface area contributed by atoms with Crippen LogP contribution in [0.5, 0.6) is 5.75 Å². The molecule has 1 N–H and O–H groups in total. The summed E-state index contributed by atoms with van der Waals surface area (Å²) in [4.78, 5) is 10.6. The van der Waals surface area contributed by atoms with Crippen LogP contribution in [0.4, 0.5) is 0 Å². The Morgan fingerprint density at radius 2 is 2.12 bits per heavy atom. The summed E-state index contributed by atoms with van der Waals surface area (Å²) in [5.74, 6) is -0.137. The molecule has 0 bridgehead atoms. The van der Waals surface area contributed by atoms with Crippen molar-refractivity contribution in [1.29, 1.82) is 0 Å². The molecule has 1 atom stereocenters. The zero-order valence-corrected chi connectivity index (χ0v) is 10.7. The van der Waals surface area contributed by atoms with Crippen molar-refractivity contribution >= 4 is 5.97 Å². The lowest BCUT2D eigenvalue weighted by molar-refractivity contribution is -0.141. The molecule has 3 nitrogen and oxygen atoms in total. The molecule has 0 fully saturated rings. The molecular formula is C14H20O3. The van der Waals surface area contributed by atoms with Crippen molar-refractivity contribution in [2.45, 2.75) is 33.6 Å². The molecule has 0 aliphatic rings.